The molecule has 0 atom stereocenters. The summed E-state index contributed by atoms with van der Waals surface area (Å²) in [6.45, 7) is 3.59. The van der Waals surface area contributed by atoms with Crippen LogP contribution in [0.2, 0.25) is 5.02 Å². The minimum Gasteiger partial charge on any atom is -0.378 e. The molecular weight excluding hydrogens is 438 g/mol. The number of anilines is 2. The minimum absolute atomic E-state index is 0.111. The van der Waals surface area contributed by atoms with Crippen LogP contribution in [0.25, 0.3) is 11.3 Å². The molecule has 0 spiro atoms. The fourth-order valence-electron chi connectivity index (χ4n) is 3.96. The highest BCUT2D eigenvalue weighted by molar-refractivity contribution is 6.31. The van der Waals surface area contributed by atoms with E-state index >= 15 is 0 Å². The molecule has 4 heterocycles. The molecule has 1 fully saturated rings. The molecule has 0 aliphatic carbocycles. The van der Waals surface area contributed by atoms with E-state index < -0.39 is 11.6 Å². The summed E-state index contributed by atoms with van der Waals surface area (Å²) in [6, 6.07) is 2.13. The number of morpholine rings is 1. The fraction of sp³-hybridized carbons (Fsp3) is 0.364. The van der Waals surface area contributed by atoms with Gasteiger partial charge in [-0.2, -0.15) is 0 Å². The Morgan fingerprint density at radius 3 is 2.50 bits per heavy atom. The van der Waals surface area contributed by atoms with Crippen molar-refractivity contribution in [3.8, 4) is 11.3 Å². The molecule has 0 saturated carbocycles. The second-order valence-corrected chi connectivity index (χ2v) is 8.12. The van der Waals surface area contributed by atoms with E-state index in [0.29, 0.717) is 37.2 Å². The highest BCUT2D eigenvalue weighted by Crippen LogP contribution is 2.31. The van der Waals surface area contributed by atoms with Crippen LogP contribution < -0.4 is 9.80 Å². The molecule has 0 bridgehead atoms. The van der Waals surface area contributed by atoms with Gasteiger partial charge in [0.25, 0.3) is 0 Å². The van der Waals surface area contributed by atoms with Crippen LogP contribution in [-0.4, -0.2) is 52.8 Å². The molecule has 0 amide bonds. The second kappa shape index (κ2) is 8.91. The van der Waals surface area contributed by atoms with Gasteiger partial charge in [0.15, 0.2) is 5.82 Å². The normalized spacial score (nSPS) is 16.2. The number of halogens is 3. The Morgan fingerprint density at radius 1 is 0.969 bits per heavy atom. The number of ether oxygens (including phenoxy) is 1. The summed E-state index contributed by atoms with van der Waals surface area (Å²) in [4.78, 5) is 22.3. The fourth-order valence-corrected chi connectivity index (χ4v) is 4.17. The summed E-state index contributed by atoms with van der Waals surface area (Å²) < 4.78 is 33.6. The van der Waals surface area contributed by atoms with Gasteiger partial charge in [-0.3, -0.25) is 4.98 Å². The van der Waals surface area contributed by atoms with Gasteiger partial charge in [-0.15, -0.1) is 0 Å². The number of hydrogen-bond donors (Lipinski definition) is 0. The first-order chi connectivity index (χ1) is 15.6. The molecule has 32 heavy (non-hydrogen) atoms. The van der Waals surface area contributed by atoms with Crippen LogP contribution in [0.15, 0.2) is 30.7 Å². The van der Waals surface area contributed by atoms with Crippen molar-refractivity contribution in [3.05, 3.63) is 58.6 Å². The highest BCUT2D eigenvalue weighted by Gasteiger charge is 2.24. The van der Waals surface area contributed by atoms with Crippen LogP contribution in [0.3, 0.4) is 0 Å². The van der Waals surface area contributed by atoms with Crippen molar-refractivity contribution in [1.29, 1.82) is 0 Å². The van der Waals surface area contributed by atoms with Crippen molar-refractivity contribution >= 4 is 23.4 Å². The molecule has 1 saturated heterocycles. The van der Waals surface area contributed by atoms with Crippen molar-refractivity contribution in [1.82, 2.24) is 19.9 Å². The van der Waals surface area contributed by atoms with Crippen molar-refractivity contribution in [3.63, 3.8) is 0 Å². The first-order valence-electron chi connectivity index (χ1n) is 10.5. The maximum absolute atomic E-state index is 14.4. The molecule has 0 radical (unpaired) electrons. The Balaban J connectivity index is 1.42. The predicted octanol–water partition coefficient (Wildman–Crippen LogP) is 3.65. The molecule has 2 aromatic heterocycles. The van der Waals surface area contributed by atoms with Gasteiger partial charge in [0.1, 0.15) is 11.6 Å². The molecule has 0 N–H and O–H groups in total. The van der Waals surface area contributed by atoms with Crippen LogP contribution in [-0.2, 0) is 17.7 Å². The third-order valence-electron chi connectivity index (χ3n) is 5.68. The summed E-state index contributed by atoms with van der Waals surface area (Å²) in [5.74, 6) is 0.115. The van der Waals surface area contributed by atoms with E-state index in [-0.39, 0.29) is 17.1 Å². The predicted molar refractivity (Wildman–Crippen MR) is 117 cm³/mol. The van der Waals surface area contributed by atoms with Gasteiger partial charge in [0.05, 0.1) is 35.8 Å². The van der Waals surface area contributed by atoms with E-state index in [1.807, 2.05) is 4.90 Å². The molecule has 5 rings (SSSR count). The van der Waals surface area contributed by atoms with Gasteiger partial charge in [-0.05, 0) is 25.0 Å². The molecule has 0 unspecified atom stereocenters. The number of fused-ring (bicyclic) bond motifs is 1. The van der Waals surface area contributed by atoms with Gasteiger partial charge in [0, 0.05) is 49.7 Å². The largest absolute Gasteiger partial charge is 0.378 e. The smallest absolute Gasteiger partial charge is 0.225 e. The summed E-state index contributed by atoms with van der Waals surface area (Å²) >= 11 is 6.04. The Kier molecular flexibility index (Phi) is 5.84. The maximum Gasteiger partial charge on any atom is 0.225 e. The van der Waals surface area contributed by atoms with E-state index in [2.05, 4.69) is 19.9 Å². The lowest BCUT2D eigenvalue weighted by molar-refractivity contribution is 0.122. The topological polar surface area (TPSA) is 67.3 Å². The van der Waals surface area contributed by atoms with Gasteiger partial charge in [0.2, 0.25) is 5.95 Å². The van der Waals surface area contributed by atoms with Gasteiger partial charge in [-0.25, -0.2) is 23.7 Å². The van der Waals surface area contributed by atoms with Crippen molar-refractivity contribution < 1.29 is 13.5 Å². The number of benzene rings is 1. The molecule has 3 aromatic rings. The number of aromatic nitrogens is 4. The standard InChI is InChI=1S/C22H21ClF2N6O/c23-20-15(16(24)3-4-17(20)25)13-31-5-1-2-18-21(31)29-19(12-26-18)14-10-27-22(28-11-14)30-6-8-32-9-7-30/h3-4,10-12H,1-2,5-9,13H2. The lowest BCUT2D eigenvalue weighted by atomic mass is 10.1. The number of nitrogens with zero attached hydrogens (tertiary/aromatic N) is 6. The quantitative estimate of drug-likeness (QED) is 0.553. The number of hydrogen-bond acceptors (Lipinski definition) is 7. The zero-order chi connectivity index (χ0) is 22.1. The third kappa shape index (κ3) is 4.10. The van der Waals surface area contributed by atoms with E-state index in [9.17, 15) is 8.78 Å². The molecule has 7 nitrogen and oxygen atoms in total. The Bertz CT molecular complexity index is 1120. The van der Waals surface area contributed by atoms with Crippen LogP contribution >= 0.6 is 11.6 Å². The highest BCUT2D eigenvalue weighted by atomic mass is 35.5. The number of aryl methyl sites for hydroxylation is 1. The van der Waals surface area contributed by atoms with Crippen LogP contribution in [0.5, 0.6) is 0 Å². The minimum atomic E-state index is -0.641. The van der Waals surface area contributed by atoms with E-state index in [1.165, 1.54) is 0 Å². The monoisotopic (exact) mass is 458 g/mol. The molecule has 2 aliphatic heterocycles. The van der Waals surface area contributed by atoms with Gasteiger partial charge < -0.3 is 14.5 Å². The van der Waals surface area contributed by atoms with Crippen molar-refractivity contribution in [2.75, 3.05) is 42.6 Å². The molecular formula is C22H21ClF2N6O. The molecule has 1 aromatic carbocycles. The van der Waals surface area contributed by atoms with Crippen LogP contribution in [0.1, 0.15) is 17.7 Å². The van der Waals surface area contributed by atoms with Crippen LogP contribution in [0, 0.1) is 11.6 Å². The maximum atomic E-state index is 14.4. The number of rotatable bonds is 4. The average molecular weight is 459 g/mol. The van der Waals surface area contributed by atoms with E-state index in [0.717, 1.165) is 49.3 Å². The molecule has 166 valence electrons. The summed E-state index contributed by atoms with van der Waals surface area (Å²) in [5.41, 5.74) is 2.29. The van der Waals surface area contributed by atoms with Crippen molar-refractivity contribution in [2.45, 2.75) is 19.4 Å². The Labute approximate surface area is 189 Å². The third-order valence-corrected chi connectivity index (χ3v) is 6.09. The SMILES string of the molecule is Fc1ccc(F)c(CN2CCCc3ncc(-c4cnc(N5CCOCC5)nc4)nc32)c1Cl. The van der Waals surface area contributed by atoms with E-state index in [4.69, 9.17) is 21.3 Å². The van der Waals surface area contributed by atoms with E-state index in [1.54, 1.807) is 18.6 Å². The summed E-state index contributed by atoms with van der Waals surface area (Å²) in [5, 5.41) is -0.201. The van der Waals surface area contributed by atoms with Gasteiger partial charge in [-0.1, -0.05) is 11.6 Å². The lowest BCUT2D eigenvalue weighted by Crippen LogP contribution is -2.37. The Hall–Kier alpha value is -2.91. The summed E-state index contributed by atoms with van der Waals surface area (Å²) in [7, 11) is 0. The zero-order valence-corrected chi connectivity index (χ0v) is 18.0. The summed E-state index contributed by atoms with van der Waals surface area (Å²) in [6.07, 6.45) is 6.76. The molecule has 2 aliphatic rings. The Morgan fingerprint density at radius 2 is 1.72 bits per heavy atom. The van der Waals surface area contributed by atoms with Crippen molar-refractivity contribution in [2.24, 2.45) is 0 Å². The lowest BCUT2D eigenvalue weighted by Gasteiger charge is -2.30. The van der Waals surface area contributed by atoms with Crippen LogP contribution in [0.4, 0.5) is 20.5 Å². The first kappa shape index (κ1) is 21.0. The first-order valence-corrected chi connectivity index (χ1v) is 10.9. The second-order valence-electron chi connectivity index (χ2n) is 7.74. The molecule has 10 heteroatoms. The average Bonchev–Trinajstić information content (AvgIpc) is 2.85. The zero-order valence-electron chi connectivity index (χ0n) is 17.3. The van der Waals surface area contributed by atoms with Gasteiger partial charge >= 0.3 is 0 Å².